The van der Waals surface area contributed by atoms with Crippen LogP contribution in [-0.4, -0.2) is 39.2 Å². The summed E-state index contributed by atoms with van der Waals surface area (Å²) < 4.78 is 13.1. The van der Waals surface area contributed by atoms with E-state index in [1.54, 1.807) is 6.07 Å². The molecule has 0 radical (unpaired) electrons. The van der Waals surface area contributed by atoms with Gasteiger partial charge in [-0.1, -0.05) is 0 Å². The second-order valence-electron chi connectivity index (χ2n) is 4.83. The zero-order valence-corrected chi connectivity index (χ0v) is 10.3. The average Bonchev–Trinajstić information content (AvgIpc) is 2.81. The van der Waals surface area contributed by atoms with E-state index in [4.69, 9.17) is 5.11 Å². The molecule has 0 spiro atoms. The van der Waals surface area contributed by atoms with Crippen molar-refractivity contribution < 1.29 is 14.3 Å². The van der Waals surface area contributed by atoms with Crippen LogP contribution in [0.4, 0.5) is 9.18 Å². The fourth-order valence-corrected chi connectivity index (χ4v) is 2.54. The Labute approximate surface area is 109 Å². The first-order valence-corrected chi connectivity index (χ1v) is 6.26. The molecule has 1 aromatic carbocycles. The SMILES string of the molecule is O=C(O)N1CCC(c2nc3cc(F)ccc3[nH]2)CC1. The van der Waals surface area contributed by atoms with Gasteiger partial charge >= 0.3 is 6.09 Å². The molecule has 5 nitrogen and oxygen atoms in total. The lowest BCUT2D eigenvalue weighted by Gasteiger charge is -2.28. The highest BCUT2D eigenvalue weighted by Gasteiger charge is 2.25. The first kappa shape index (κ1) is 12.0. The van der Waals surface area contributed by atoms with Gasteiger partial charge in [0.05, 0.1) is 11.0 Å². The molecule has 6 heteroatoms. The smallest absolute Gasteiger partial charge is 0.407 e. The van der Waals surface area contributed by atoms with Crippen molar-refractivity contribution in [1.29, 1.82) is 0 Å². The molecular weight excluding hydrogens is 249 g/mol. The number of rotatable bonds is 1. The number of fused-ring (bicyclic) bond motifs is 1. The number of hydrogen-bond donors (Lipinski definition) is 2. The number of carboxylic acid groups (broad SMARTS) is 1. The Kier molecular flexibility index (Phi) is 2.85. The van der Waals surface area contributed by atoms with Gasteiger partial charge < -0.3 is 15.0 Å². The van der Waals surface area contributed by atoms with Gasteiger partial charge in [-0.15, -0.1) is 0 Å². The van der Waals surface area contributed by atoms with Gasteiger partial charge in [0.25, 0.3) is 0 Å². The highest BCUT2D eigenvalue weighted by molar-refractivity contribution is 5.75. The predicted octanol–water partition coefficient (Wildman–Crippen LogP) is 2.56. The Morgan fingerprint density at radius 3 is 2.84 bits per heavy atom. The van der Waals surface area contributed by atoms with E-state index in [-0.39, 0.29) is 11.7 Å². The van der Waals surface area contributed by atoms with Crippen LogP contribution in [0.5, 0.6) is 0 Å². The lowest BCUT2D eigenvalue weighted by Crippen LogP contribution is -2.37. The number of carbonyl (C=O) groups is 1. The van der Waals surface area contributed by atoms with Crippen molar-refractivity contribution in [3.63, 3.8) is 0 Å². The highest BCUT2D eigenvalue weighted by Crippen LogP contribution is 2.27. The summed E-state index contributed by atoms with van der Waals surface area (Å²) in [5.74, 6) is 0.739. The number of imidazole rings is 1. The van der Waals surface area contributed by atoms with Crippen LogP contribution in [-0.2, 0) is 0 Å². The van der Waals surface area contributed by atoms with E-state index >= 15 is 0 Å². The Balaban J connectivity index is 1.80. The van der Waals surface area contributed by atoms with Gasteiger partial charge in [0.1, 0.15) is 11.6 Å². The van der Waals surface area contributed by atoms with Crippen molar-refractivity contribution in [2.45, 2.75) is 18.8 Å². The second kappa shape index (κ2) is 4.53. The third-order valence-electron chi connectivity index (χ3n) is 3.62. The lowest BCUT2D eigenvalue weighted by molar-refractivity contribution is 0.131. The summed E-state index contributed by atoms with van der Waals surface area (Å²) in [6.07, 6.45) is 0.619. The van der Waals surface area contributed by atoms with Gasteiger partial charge in [0, 0.05) is 25.1 Å². The molecule has 0 bridgehead atoms. The molecule has 19 heavy (non-hydrogen) atoms. The van der Waals surface area contributed by atoms with E-state index in [9.17, 15) is 9.18 Å². The molecule has 2 heterocycles. The summed E-state index contributed by atoms with van der Waals surface area (Å²) in [5.41, 5.74) is 1.44. The molecule has 0 saturated carbocycles. The number of aromatic nitrogens is 2. The summed E-state index contributed by atoms with van der Waals surface area (Å²) >= 11 is 0. The number of aromatic amines is 1. The molecule has 1 fully saturated rings. The molecular formula is C13H14FN3O2. The van der Waals surface area contributed by atoms with E-state index in [1.807, 2.05) is 0 Å². The van der Waals surface area contributed by atoms with E-state index in [2.05, 4.69) is 9.97 Å². The number of H-pyrrole nitrogens is 1. The number of benzene rings is 1. The number of likely N-dealkylation sites (tertiary alicyclic amines) is 1. The Hall–Kier alpha value is -2.11. The van der Waals surface area contributed by atoms with Crippen molar-refractivity contribution in [3.05, 3.63) is 29.8 Å². The minimum Gasteiger partial charge on any atom is -0.465 e. The first-order chi connectivity index (χ1) is 9.13. The van der Waals surface area contributed by atoms with Crippen molar-refractivity contribution in [2.75, 3.05) is 13.1 Å². The summed E-state index contributed by atoms with van der Waals surface area (Å²) in [6, 6.07) is 4.48. The number of piperidine rings is 1. The molecule has 100 valence electrons. The Bertz CT molecular complexity index is 617. The van der Waals surface area contributed by atoms with E-state index in [1.165, 1.54) is 17.0 Å². The van der Waals surface area contributed by atoms with E-state index in [0.29, 0.717) is 18.6 Å². The number of nitrogens with one attached hydrogen (secondary N) is 1. The third-order valence-corrected chi connectivity index (χ3v) is 3.62. The van der Waals surface area contributed by atoms with Gasteiger partial charge in [-0.05, 0) is 25.0 Å². The quantitative estimate of drug-likeness (QED) is 0.830. The summed E-state index contributed by atoms with van der Waals surface area (Å²) in [5, 5.41) is 8.90. The first-order valence-electron chi connectivity index (χ1n) is 6.26. The van der Waals surface area contributed by atoms with Gasteiger partial charge in [0.15, 0.2) is 0 Å². The average molecular weight is 263 g/mol. The van der Waals surface area contributed by atoms with Crippen LogP contribution in [0.25, 0.3) is 11.0 Å². The van der Waals surface area contributed by atoms with E-state index < -0.39 is 6.09 Å². The largest absolute Gasteiger partial charge is 0.465 e. The maximum Gasteiger partial charge on any atom is 0.407 e. The van der Waals surface area contributed by atoms with Gasteiger partial charge in [0.2, 0.25) is 0 Å². The van der Waals surface area contributed by atoms with Gasteiger partial charge in [-0.25, -0.2) is 14.2 Å². The van der Waals surface area contributed by atoms with Crippen molar-refractivity contribution in [3.8, 4) is 0 Å². The van der Waals surface area contributed by atoms with Crippen molar-refractivity contribution in [2.24, 2.45) is 0 Å². The minimum atomic E-state index is -0.870. The molecule has 1 aliphatic rings. The van der Waals surface area contributed by atoms with Crippen LogP contribution < -0.4 is 0 Å². The fraction of sp³-hybridized carbons (Fsp3) is 0.385. The maximum atomic E-state index is 13.1. The Morgan fingerprint density at radius 2 is 2.16 bits per heavy atom. The number of amides is 1. The molecule has 1 aliphatic heterocycles. The molecule has 2 N–H and O–H groups in total. The minimum absolute atomic E-state index is 0.214. The molecule has 3 rings (SSSR count). The van der Waals surface area contributed by atoms with Crippen LogP contribution in [0.1, 0.15) is 24.6 Å². The molecule has 1 saturated heterocycles. The maximum absolute atomic E-state index is 13.1. The Morgan fingerprint density at radius 1 is 1.42 bits per heavy atom. The monoisotopic (exact) mass is 263 g/mol. The third kappa shape index (κ3) is 2.25. The number of hydrogen-bond acceptors (Lipinski definition) is 2. The molecule has 1 aromatic heterocycles. The normalized spacial score (nSPS) is 17.0. The van der Waals surface area contributed by atoms with Crippen molar-refractivity contribution >= 4 is 17.1 Å². The molecule has 0 aliphatic carbocycles. The molecule has 0 atom stereocenters. The van der Waals surface area contributed by atoms with Crippen LogP contribution >= 0.6 is 0 Å². The topological polar surface area (TPSA) is 69.2 Å². The zero-order chi connectivity index (χ0) is 13.4. The highest BCUT2D eigenvalue weighted by atomic mass is 19.1. The number of halogens is 1. The van der Waals surface area contributed by atoms with Crippen LogP contribution in [0.2, 0.25) is 0 Å². The standard InChI is InChI=1S/C13H14FN3O2/c14-9-1-2-10-11(7-9)16-12(15-10)8-3-5-17(6-4-8)13(18)19/h1-2,7-8H,3-6H2,(H,15,16)(H,18,19). The fourth-order valence-electron chi connectivity index (χ4n) is 2.54. The van der Waals surface area contributed by atoms with Crippen molar-refractivity contribution in [1.82, 2.24) is 14.9 Å². The second-order valence-corrected chi connectivity index (χ2v) is 4.83. The lowest BCUT2D eigenvalue weighted by atomic mass is 9.96. The van der Waals surface area contributed by atoms with E-state index in [0.717, 1.165) is 24.2 Å². The predicted molar refractivity (Wildman–Crippen MR) is 67.6 cm³/mol. The molecule has 1 amide bonds. The van der Waals surface area contributed by atoms with Crippen LogP contribution in [0, 0.1) is 5.82 Å². The number of nitrogens with zero attached hydrogens (tertiary/aromatic N) is 2. The molecule has 2 aromatic rings. The zero-order valence-electron chi connectivity index (χ0n) is 10.3. The van der Waals surface area contributed by atoms with Crippen LogP contribution in [0.3, 0.4) is 0 Å². The summed E-state index contributed by atoms with van der Waals surface area (Å²) in [4.78, 5) is 19.9. The van der Waals surface area contributed by atoms with Crippen LogP contribution in [0.15, 0.2) is 18.2 Å². The summed E-state index contributed by atoms with van der Waals surface area (Å²) in [7, 11) is 0. The van der Waals surface area contributed by atoms with Gasteiger partial charge in [-0.2, -0.15) is 0 Å². The molecule has 0 unspecified atom stereocenters. The summed E-state index contributed by atoms with van der Waals surface area (Å²) in [6.45, 7) is 1.04. The van der Waals surface area contributed by atoms with Gasteiger partial charge in [-0.3, -0.25) is 0 Å².